The molecule has 0 bridgehead atoms. The van der Waals surface area contributed by atoms with Crippen LogP contribution in [0.5, 0.6) is 5.75 Å². The Morgan fingerprint density at radius 2 is 1.74 bits per heavy atom. The molecule has 1 aliphatic heterocycles. The maximum absolute atomic E-state index is 12.4. The third-order valence-corrected chi connectivity index (χ3v) is 4.75. The summed E-state index contributed by atoms with van der Waals surface area (Å²) in [6, 6.07) is 15.2. The van der Waals surface area contributed by atoms with E-state index in [4.69, 9.17) is 4.74 Å². The second kappa shape index (κ2) is 8.58. The van der Waals surface area contributed by atoms with Gasteiger partial charge in [-0.05, 0) is 48.9 Å². The van der Waals surface area contributed by atoms with Crippen LogP contribution in [-0.2, 0) is 4.79 Å². The number of amides is 2. The first kappa shape index (κ1) is 18.8. The smallest absolute Gasteiger partial charge is 0.251 e. The summed E-state index contributed by atoms with van der Waals surface area (Å²) in [7, 11) is 1.58. The van der Waals surface area contributed by atoms with Crippen LogP contribution < -0.4 is 15.0 Å². The van der Waals surface area contributed by atoms with E-state index in [0.29, 0.717) is 24.4 Å². The van der Waals surface area contributed by atoms with E-state index in [9.17, 15) is 9.59 Å². The van der Waals surface area contributed by atoms with Gasteiger partial charge in [0.1, 0.15) is 5.75 Å². The summed E-state index contributed by atoms with van der Waals surface area (Å²) in [4.78, 5) is 28.7. The average molecular weight is 367 g/mol. The van der Waals surface area contributed by atoms with E-state index in [0.717, 1.165) is 13.1 Å². The third-order valence-electron chi connectivity index (χ3n) is 4.75. The molecule has 27 heavy (non-hydrogen) atoms. The van der Waals surface area contributed by atoms with Crippen molar-refractivity contribution >= 4 is 17.5 Å². The number of benzene rings is 2. The molecule has 0 aliphatic carbocycles. The number of nitrogens with one attached hydrogen (secondary N) is 1. The van der Waals surface area contributed by atoms with Crippen LogP contribution in [0.4, 0.5) is 5.69 Å². The van der Waals surface area contributed by atoms with Gasteiger partial charge >= 0.3 is 0 Å². The maximum Gasteiger partial charge on any atom is 0.251 e. The summed E-state index contributed by atoms with van der Waals surface area (Å²) < 4.78 is 5.08. The van der Waals surface area contributed by atoms with E-state index >= 15 is 0 Å². The Kier molecular flexibility index (Phi) is 5.96. The summed E-state index contributed by atoms with van der Waals surface area (Å²) in [5, 5.41) is 2.70. The lowest BCUT2D eigenvalue weighted by molar-refractivity contribution is -0.130. The molecule has 0 radical (unpaired) electrons. The first-order valence-electron chi connectivity index (χ1n) is 9.08. The monoisotopic (exact) mass is 367 g/mol. The summed E-state index contributed by atoms with van der Waals surface area (Å²) in [5.74, 6) is 0.374. The molecule has 0 spiro atoms. The number of piperazine rings is 1. The van der Waals surface area contributed by atoms with Crippen molar-refractivity contribution in [3.05, 3.63) is 59.7 Å². The lowest BCUT2D eigenvalue weighted by atomic mass is 10.2. The van der Waals surface area contributed by atoms with Crippen LogP contribution in [0.3, 0.4) is 0 Å². The summed E-state index contributed by atoms with van der Waals surface area (Å²) in [5.41, 5.74) is 2.93. The first-order chi connectivity index (χ1) is 13.1. The average Bonchev–Trinajstić information content (AvgIpc) is 2.72. The fraction of sp³-hybridized carbons (Fsp3) is 0.333. The van der Waals surface area contributed by atoms with E-state index in [2.05, 4.69) is 41.4 Å². The summed E-state index contributed by atoms with van der Waals surface area (Å²) in [6.07, 6.45) is 0. The quantitative estimate of drug-likeness (QED) is 0.879. The molecular weight excluding hydrogens is 342 g/mol. The van der Waals surface area contributed by atoms with Gasteiger partial charge in [0, 0.05) is 37.4 Å². The maximum atomic E-state index is 12.4. The molecule has 0 aromatic heterocycles. The summed E-state index contributed by atoms with van der Waals surface area (Å²) >= 11 is 0. The molecule has 142 valence electrons. The topological polar surface area (TPSA) is 61.9 Å². The fourth-order valence-corrected chi connectivity index (χ4v) is 3.15. The van der Waals surface area contributed by atoms with Crippen molar-refractivity contribution < 1.29 is 14.3 Å². The Morgan fingerprint density at radius 1 is 1.04 bits per heavy atom. The van der Waals surface area contributed by atoms with Crippen molar-refractivity contribution in [3.63, 3.8) is 0 Å². The van der Waals surface area contributed by atoms with Crippen LogP contribution in [0.15, 0.2) is 48.5 Å². The van der Waals surface area contributed by atoms with Gasteiger partial charge in [-0.15, -0.1) is 0 Å². The molecule has 2 aromatic rings. The van der Waals surface area contributed by atoms with Gasteiger partial charge in [-0.2, -0.15) is 0 Å². The van der Waals surface area contributed by atoms with E-state index in [1.54, 1.807) is 36.3 Å². The van der Waals surface area contributed by atoms with E-state index in [1.807, 2.05) is 0 Å². The Balaban J connectivity index is 1.47. The molecule has 1 saturated heterocycles. The minimum absolute atomic E-state index is 0.00923. The molecule has 6 nitrogen and oxygen atoms in total. The number of nitrogens with zero attached hydrogens (tertiary/aromatic N) is 2. The molecule has 1 aliphatic rings. The van der Waals surface area contributed by atoms with Crippen LogP contribution in [0.1, 0.15) is 15.9 Å². The SMILES string of the molecule is COc1ccc(C(=O)NCC(=O)N2CCN(c3cccc(C)c3)CC2)cc1. The molecule has 6 heteroatoms. The molecule has 1 N–H and O–H groups in total. The van der Waals surface area contributed by atoms with Gasteiger partial charge in [-0.25, -0.2) is 0 Å². The van der Waals surface area contributed by atoms with E-state index < -0.39 is 0 Å². The van der Waals surface area contributed by atoms with Crippen LogP contribution in [0.25, 0.3) is 0 Å². The lowest BCUT2D eigenvalue weighted by Gasteiger charge is -2.36. The summed E-state index contributed by atoms with van der Waals surface area (Å²) in [6.45, 7) is 4.99. The van der Waals surface area contributed by atoms with Crippen molar-refractivity contribution in [2.75, 3.05) is 44.7 Å². The number of carbonyl (C=O) groups is 2. The lowest BCUT2D eigenvalue weighted by Crippen LogP contribution is -2.51. The number of aryl methyl sites for hydroxylation is 1. The highest BCUT2D eigenvalue weighted by molar-refractivity contribution is 5.96. The Labute approximate surface area is 159 Å². The first-order valence-corrected chi connectivity index (χ1v) is 9.08. The van der Waals surface area contributed by atoms with E-state index in [1.165, 1.54) is 11.3 Å². The van der Waals surface area contributed by atoms with Gasteiger partial charge < -0.3 is 19.9 Å². The number of ether oxygens (including phenoxy) is 1. The number of methoxy groups -OCH3 is 1. The van der Waals surface area contributed by atoms with Gasteiger partial charge in [-0.3, -0.25) is 9.59 Å². The highest BCUT2D eigenvalue weighted by Gasteiger charge is 2.21. The Bertz CT molecular complexity index is 797. The number of carbonyl (C=O) groups excluding carboxylic acids is 2. The molecule has 2 amide bonds. The standard InChI is InChI=1S/C21H25N3O3/c1-16-4-3-5-18(14-16)23-10-12-24(13-11-23)20(25)15-22-21(26)17-6-8-19(27-2)9-7-17/h3-9,14H,10-13,15H2,1-2H3,(H,22,26). The van der Waals surface area contributed by atoms with Crippen LogP contribution in [0.2, 0.25) is 0 Å². The van der Waals surface area contributed by atoms with Crippen molar-refractivity contribution in [1.82, 2.24) is 10.2 Å². The van der Waals surface area contributed by atoms with Crippen molar-refractivity contribution in [2.24, 2.45) is 0 Å². The van der Waals surface area contributed by atoms with Gasteiger partial charge in [0.05, 0.1) is 13.7 Å². The molecule has 0 saturated carbocycles. The van der Waals surface area contributed by atoms with Gasteiger partial charge in [0.15, 0.2) is 0 Å². The normalized spacial score (nSPS) is 14.0. The molecule has 0 atom stereocenters. The van der Waals surface area contributed by atoms with Crippen molar-refractivity contribution in [2.45, 2.75) is 6.92 Å². The number of rotatable bonds is 5. The second-order valence-corrected chi connectivity index (χ2v) is 6.62. The molecule has 3 rings (SSSR count). The molecular formula is C21H25N3O3. The number of anilines is 1. The predicted octanol–water partition coefficient (Wildman–Crippen LogP) is 2.08. The molecule has 0 unspecified atom stereocenters. The Morgan fingerprint density at radius 3 is 2.37 bits per heavy atom. The number of hydrogen-bond donors (Lipinski definition) is 1. The zero-order valence-corrected chi connectivity index (χ0v) is 15.8. The zero-order valence-electron chi connectivity index (χ0n) is 15.8. The predicted molar refractivity (Wildman–Crippen MR) is 105 cm³/mol. The molecule has 1 heterocycles. The van der Waals surface area contributed by atoms with Gasteiger partial charge in [0.2, 0.25) is 5.91 Å². The highest BCUT2D eigenvalue weighted by atomic mass is 16.5. The van der Waals surface area contributed by atoms with Crippen molar-refractivity contribution in [1.29, 1.82) is 0 Å². The second-order valence-electron chi connectivity index (χ2n) is 6.62. The Hall–Kier alpha value is -3.02. The van der Waals surface area contributed by atoms with Crippen LogP contribution in [0, 0.1) is 6.92 Å². The largest absolute Gasteiger partial charge is 0.497 e. The minimum Gasteiger partial charge on any atom is -0.497 e. The van der Waals surface area contributed by atoms with E-state index in [-0.39, 0.29) is 18.4 Å². The third kappa shape index (κ3) is 4.78. The minimum atomic E-state index is -0.260. The van der Waals surface area contributed by atoms with Gasteiger partial charge in [-0.1, -0.05) is 12.1 Å². The molecule has 2 aromatic carbocycles. The van der Waals surface area contributed by atoms with Crippen molar-refractivity contribution in [3.8, 4) is 5.75 Å². The number of hydrogen-bond acceptors (Lipinski definition) is 4. The fourth-order valence-electron chi connectivity index (χ4n) is 3.15. The van der Waals surface area contributed by atoms with Crippen LogP contribution in [-0.4, -0.2) is 56.5 Å². The molecule has 1 fully saturated rings. The van der Waals surface area contributed by atoms with Crippen LogP contribution >= 0.6 is 0 Å². The highest BCUT2D eigenvalue weighted by Crippen LogP contribution is 2.17. The van der Waals surface area contributed by atoms with Gasteiger partial charge in [0.25, 0.3) is 5.91 Å². The zero-order chi connectivity index (χ0) is 19.2.